The van der Waals surface area contributed by atoms with Crippen LogP contribution in [0.1, 0.15) is 31.4 Å². The molecule has 1 N–H and O–H groups in total. The third-order valence-electron chi connectivity index (χ3n) is 3.97. The standard InChI is InChI=1S/C18H29N3OS/c1-4-17-13-21(10-11-23-17)18(19-5-2)20-12-15-6-8-16(9-7-15)14-22-3/h6-9,17H,4-5,10-14H2,1-3H3,(H,19,20). The molecule has 1 atom stereocenters. The Balaban J connectivity index is 2.00. The molecule has 5 heteroatoms. The van der Waals surface area contributed by atoms with Crippen molar-refractivity contribution in [3.8, 4) is 0 Å². The third kappa shape index (κ3) is 5.74. The van der Waals surface area contributed by atoms with Crippen LogP contribution in [0.15, 0.2) is 29.3 Å². The van der Waals surface area contributed by atoms with E-state index in [0.29, 0.717) is 6.61 Å². The Bertz CT molecular complexity index is 490. The van der Waals surface area contributed by atoms with Crippen LogP contribution in [0.4, 0.5) is 0 Å². The highest BCUT2D eigenvalue weighted by molar-refractivity contribution is 8.00. The minimum Gasteiger partial charge on any atom is -0.380 e. The lowest BCUT2D eigenvalue weighted by molar-refractivity contribution is 0.185. The van der Waals surface area contributed by atoms with Crippen molar-refractivity contribution in [3.05, 3.63) is 35.4 Å². The second kappa shape index (κ2) is 9.83. The maximum atomic E-state index is 5.15. The number of methoxy groups -OCH3 is 1. The Kier molecular flexibility index (Phi) is 7.76. The van der Waals surface area contributed by atoms with Crippen molar-refractivity contribution < 1.29 is 4.74 Å². The van der Waals surface area contributed by atoms with E-state index in [4.69, 9.17) is 9.73 Å². The first-order valence-electron chi connectivity index (χ1n) is 8.48. The molecule has 1 saturated heterocycles. The average molecular weight is 336 g/mol. The summed E-state index contributed by atoms with van der Waals surface area (Å²) in [4.78, 5) is 7.25. The Labute approximate surface area is 144 Å². The first-order chi connectivity index (χ1) is 11.3. The van der Waals surface area contributed by atoms with E-state index in [1.807, 2.05) is 0 Å². The molecule has 1 aliphatic heterocycles. The van der Waals surface area contributed by atoms with E-state index in [1.54, 1.807) is 7.11 Å². The molecule has 0 amide bonds. The third-order valence-corrected chi connectivity index (χ3v) is 5.35. The SMILES string of the molecule is CCNC(=NCc1ccc(COC)cc1)N1CCSC(CC)C1. The second-order valence-electron chi connectivity index (χ2n) is 5.77. The molecule has 0 saturated carbocycles. The van der Waals surface area contributed by atoms with Gasteiger partial charge >= 0.3 is 0 Å². The van der Waals surface area contributed by atoms with Gasteiger partial charge in [-0.1, -0.05) is 31.2 Å². The van der Waals surface area contributed by atoms with Gasteiger partial charge in [0.05, 0.1) is 13.2 Å². The van der Waals surface area contributed by atoms with Crippen LogP contribution >= 0.6 is 11.8 Å². The van der Waals surface area contributed by atoms with Gasteiger partial charge in [-0.15, -0.1) is 0 Å². The number of rotatable bonds is 6. The van der Waals surface area contributed by atoms with E-state index < -0.39 is 0 Å². The van der Waals surface area contributed by atoms with Crippen LogP contribution in [0.3, 0.4) is 0 Å². The zero-order chi connectivity index (χ0) is 16.5. The van der Waals surface area contributed by atoms with Gasteiger partial charge in [-0.25, -0.2) is 4.99 Å². The number of guanidine groups is 1. The fourth-order valence-electron chi connectivity index (χ4n) is 2.66. The lowest BCUT2D eigenvalue weighted by Crippen LogP contribution is -2.48. The van der Waals surface area contributed by atoms with E-state index in [2.05, 4.69) is 60.1 Å². The zero-order valence-corrected chi connectivity index (χ0v) is 15.4. The summed E-state index contributed by atoms with van der Waals surface area (Å²) in [5, 5.41) is 4.17. The molecule has 4 nitrogen and oxygen atoms in total. The number of nitrogens with zero attached hydrogens (tertiary/aromatic N) is 2. The van der Waals surface area contributed by atoms with E-state index in [0.717, 1.165) is 37.4 Å². The molecule has 1 aromatic rings. The van der Waals surface area contributed by atoms with E-state index >= 15 is 0 Å². The number of hydrogen-bond acceptors (Lipinski definition) is 3. The predicted molar refractivity (Wildman–Crippen MR) is 100 cm³/mol. The lowest BCUT2D eigenvalue weighted by Gasteiger charge is -2.34. The molecule has 0 radical (unpaired) electrons. The highest BCUT2D eigenvalue weighted by atomic mass is 32.2. The molecule has 1 fully saturated rings. The molecule has 2 rings (SSSR count). The van der Waals surface area contributed by atoms with Crippen LogP contribution in [-0.2, 0) is 17.9 Å². The minimum atomic E-state index is 0.663. The minimum absolute atomic E-state index is 0.663. The van der Waals surface area contributed by atoms with Crippen molar-refractivity contribution in [2.24, 2.45) is 4.99 Å². The summed E-state index contributed by atoms with van der Waals surface area (Å²) in [6, 6.07) is 8.52. The number of thioether (sulfide) groups is 1. The van der Waals surface area contributed by atoms with Crippen molar-refractivity contribution in [1.82, 2.24) is 10.2 Å². The predicted octanol–water partition coefficient (Wildman–Crippen LogP) is 3.13. The first-order valence-corrected chi connectivity index (χ1v) is 9.53. The van der Waals surface area contributed by atoms with E-state index in [1.165, 1.54) is 23.3 Å². The molecule has 1 aliphatic rings. The van der Waals surface area contributed by atoms with Gasteiger partial charge in [0.25, 0.3) is 0 Å². The number of nitrogens with one attached hydrogen (secondary N) is 1. The van der Waals surface area contributed by atoms with Gasteiger partial charge < -0.3 is 15.0 Å². The molecule has 0 aromatic heterocycles. The first kappa shape index (κ1) is 18.1. The van der Waals surface area contributed by atoms with E-state index in [-0.39, 0.29) is 0 Å². The summed E-state index contributed by atoms with van der Waals surface area (Å²) in [5.41, 5.74) is 2.43. The van der Waals surface area contributed by atoms with Crippen molar-refractivity contribution in [2.45, 2.75) is 38.7 Å². The fraction of sp³-hybridized carbons (Fsp3) is 0.611. The molecule has 128 valence electrons. The van der Waals surface area contributed by atoms with Gasteiger partial charge in [-0.05, 0) is 24.5 Å². The summed E-state index contributed by atoms with van der Waals surface area (Å²) in [6.07, 6.45) is 1.22. The maximum absolute atomic E-state index is 5.15. The molecular formula is C18H29N3OS. The van der Waals surface area contributed by atoms with Gasteiger partial charge in [0.15, 0.2) is 5.96 Å². The quantitative estimate of drug-likeness (QED) is 0.640. The average Bonchev–Trinajstić information content (AvgIpc) is 2.60. The van der Waals surface area contributed by atoms with Crippen LogP contribution in [0.25, 0.3) is 0 Å². The van der Waals surface area contributed by atoms with Gasteiger partial charge in [0.1, 0.15) is 0 Å². The molecular weight excluding hydrogens is 306 g/mol. The molecule has 0 bridgehead atoms. The second-order valence-corrected chi connectivity index (χ2v) is 7.17. The van der Waals surface area contributed by atoms with Crippen molar-refractivity contribution in [2.75, 3.05) is 32.5 Å². The van der Waals surface area contributed by atoms with Crippen LogP contribution in [0.5, 0.6) is 0 Å². The van der Waals surface area contributed by atoms with Crippen LogP contribution in [0, 0.1) is 0 Å². The topological polar surface area (TPSA) is 36.9 Å². The van der Waals surface area contributed by atoms with Crippen molar-refractivity contribution in [1.29, 1.82) is 0 Å². The summed E-state index contributed by atoms with van der Waals surface area (Å²) in [6.45, 7) is 8.87. The number of aliphatic imine (C=N–C) groups is 1. The maximum Gasteiger partial charge on any atom is 0.194 e. The van der Waals surface area contributed by atoms with Crippen LogP contribution in [0.2, 0.25) is 0 Å². The van der Waals surface area contributed by atoms with Crippen molar-refractivity contribution in [3.63, 3.8) is 0 Å². The molecule has 0 spiro atoms. The lowest BCUT2D eigenvalue weighted by atomic mass is 10.1. The monoisotopic (exact) mass is 335 g/mol. The van der Waals surface area contributed by atoms with Crippen LogP contribution in [-0.4, -0.2) is 48.6 Å². The smallest absolute Gasteiger partial charge is 0.194 e. The largest absolute Gasteiger partial charge is 0.380 e. The highest BCUT2D eigenvalue weighted by Gasteiger charge is 2.21. The van der Waals surface area contributed by atoms with E-state index in [9.17, 15) is 0 Å². The Morgan fingerprint density at radius 3 is 2.70 bits per heavy atom. The highest BCUT2D eigenvalue weighted by Crippen LogP contribution is 2.21. The van der Waals surface area contributed by atoms with Gasteiger partial charge in [0.2, 0.25) is 0 Å². The van der Waals surface area contributed by atoms with Crippen LogP contribution < -0.4 is 5.32 Å². The molecule has 23 heavy (non-hydrogen) atoms. The fourth-order valence-corrected chi connectivity index (χ4v) is 3.84. The zero-order valence-electron chi connectivity index (χ0n) is 14.5. The number of ether oxygens (including phenoxy) is 1. The normalized spacial score (nSPS) is 19.0. The number of hydrogen-bond donors (Lipinski definition) is 1. The van der Waals surface area contributed by atoms with Gasteiger partial charge in [-0.2, -0.15) is 11.8 Å². The number of benzene rings is 1. The Morgan fingerprint density at radius 2 is 2.04 bits per heavy atom. The molecule has 0 aliphatic carbocycles. The molecule has 1 unspecified atom stereocenters. The molecule has 1 heterocycles. The summed E-state index contributed by atoms with van der Waals surface area (Å²) in [7, 11) is 1.72. The summed E-state index contributed by atoms with van der Waals surface area (Å²) >= 11 is 2.09. The summed E-state index contributed by atoms with van der Waals surface area (Å²) < 4.78 is 5.15. The molecule has 1 aromatic carbocycles. The Morgan fingerprint density at radius 1 is 1.30 bits per heavy atom. The van der Waals surface area contributed by atoms with Gasteiger partial charge in [0, 0.05) is 37.7 Å². The van der Waals surface area contributed by atoms with Crippen molar-refractivity contribution >= 4 is 17.7 Å². The Hall–Kier alpha value is -1.20. The van der Waals surface area contributed by atoms with Gasteiger partial charge in [-0.3, -0.25) is 0 Å². The summed E-state index contributed by atoms with van der Waals surface area (Å²) in [5.74, 6) is 2.24.